The molecular weight excluding hydrogens is 646 g/mol. The van der Waals surface area contributed by atoms with Gasteiger partial charge in [0.05, 0.1) is 11.3 Å². The molecule has 32 heavy (non-hydrogen) atoms. The second-order valence-corrected chi connectivity index (χ2v) is 6.51. The number of allylic oxidation sites excluding steroid dienone is 1. The Morgan fingerprint density at radius 3 is 2.28 bits per heavy atom. The first-order valence-corrected chi connectivity index (χ1v) is 9.65. The molecule has 1 aromatic carbocycles. The molecule has 9 heteroatoms. The van der Waals surface area contributed by atoms with E-state index in [-0.39, 0.29) is 43.2 Å². The van der Waals surface area contributed by atoms with E-state index in [1.807, 2.05) is 13.0 Å². The summed E-state index contributed by atoms with van der Waals surface area (Å²) in [4.78, 5) is 0. The Balaban J connectivity index is 0.00000177. The first-order valence-electron chi connectivity index (χ1n) is 9.65. The minimum atomic E-state index is -4.75. The Labute approximate surface area is 210 Å². The number of aryl methyl sites for hydroxylation is 1. The van der Waals surface area contributed by atoms with Crippen LogP contribution in [0, 0.1) is 57.7 Å². The number of hydrogen-bond donors (Lipinski definition) is 2. The third kappa shape index (κ3) is 8.59. The van der Waals surface area contributed by atoms with Crippen LogP contribution < -0.4 is 21.1 Å². The largest absolute Gasteiger partial charge is 2.00 e. The third-order valence-electron chi connectivity index (χ3n) is 4.24. The fourth-order valence-corrected chi connectivity index (χ4v) is 2.56. The number of anilines is 1. The molecule has 0 atom stereocenters. The first kappa shape index (κ1) is 30.2. The normalized spacial score (nSPS) is 11.9. The molecule has 0 aliphatic heterocycles. The molecule has 0 spiro atoms. The van der Waals surface area contributed by atoms with Gasteiger partial charge in [0.15, 0.2) is 5.82 Å². The molecule has 0 saturated heterocycles. The molecule has 2 N–H and O–H groups in total. The average Bonchev–Trinajstić information content (AvgIpc) is 2.73. The predicted octanol–water partition coefficient (Wildman–Crippen LogP) is 4.30. The van der Waals surface area contributed by atoms with Crippen LogP contribution in [-0.2, 0) is 12.7 Å². The minimum absolute atomic E-state index is 0. The summed E-state index contributed by atoms with van der Waals surface area (Å²) in [5, 5.41) is 15.3. The number of alkyl halides is 3. The average molecular weight is 675 g/mol. The molecule has 0 saturated carbocycles. The minimum Gasteiger partial charge on any atom is -0.389 e. The predicted molar refractivity (Wildman–Crippen MR) is 117 cm³/mol. The molecule has 0 radical (unpaired) electrons. The molecule has 2 aromatic rings. The van der Waals surface area contributed by atoms with E-state index in [0.29, 0.717) is 28.5 Å². The second kappa shape index (κ2) is 14.3. The number of halogens is 4. The topological polar surface area (TPSA) is 49.8 Å². The monoisotopic (exact) mass is 674 g/mol. The smallest absolute Gasteiger partial charge is 0.389 e. The van der Waals surface area contributed by atoms with Crippen LogP contribution in [0.2, 0.25) is 0 Å². The van der Waals surface area contributed by atoms with Crippen LogP contribution in [0.3, 0.4) is 0 Å². The van der Waals surface area contributed by atoms with Crippen molar-refractivity contribution in [2.24, 2.45) is 0 Å². The molecule has 0 unspecified atom stereocenters. The van der Waals surface area contributed by atoms with Crippen molar-refractivity contribution in [2.75, 3.05) is 12.4 Å². The Morgan fingerprint density at radius 2 is 1.78 bits per heavy atom. The van der Waals surface area contributed by atoms with E-state index in [1.54, 1.807) is 20.0 Å². The third-order valence-corrected chi connectivity index (χ3v) is 4.24. The summed E-state index contributed by atoms with van der Waals surface area (Å²) in [5.74, 6) is -0.980. The fraction of sp³-hybridized carbons (Fsp3) is 0.304. The van der Waals surface area contributed by atoms with Crippen LogP contribution in [-0.4, -0.2) is 17.2 Å². The van der Waals surface area contributed by atoms with Crippen molar-refractivity contribution in [3.63, 3.8) is 0 Å². The van der Waals surface area contributed by atoms with Gasteiger partial charge in [0, 0.05) is 35.3 Å². The number of hydrogen-bond acceptors (Lipinski definition) is 4. The summed E-state index contributed by atoms with van der Waals surface area (Å²) in [6.45, 7) is 14.4. The Bertz CT molecular complexity index is 1000. The molecule has 0 fully saturated rings. The number of aromatic nitrogens is 2. The zero-order chi connectivity index (χ0) is 23.6. The molecule has 4 nitrogen and oxygen atoms in total. The van der Waals surface area contributed by atoms with Crippen LogP contribution in [0.1, 0.15) is 36.6 Å². The van der Waals surface area contributed by atoms with Crippen LogP contribution in [0.25, 0.3) is 12.2 Å². The molecule has 0 bridgehead atoms. The maximum Gasteiger partial charge on any atom is 2.00 e. The zero-order valence-corrected chi connectivity index (χ0v) is 22.7. The molecule has 0 aliphatic rings. The Morgan fingerprint density at radius 1 is 1.16 bits per heavy atom. The molecular formula is C23H28F4N4U. The van der Waals surface area contributed by atoms with Gasteiger partial charge in [0.1, 0.15) is 5.82 Å². The molecule has 2 rings (SSSR count). The molecule has 0 aliphatic carbocycles. The van der Waals surface area contributed by atoms with Crippen molar-refractivity contribution in [2.45, 2.75) is 39.4 Å². The number of nitrogens with zero attached hydrogens (tertiary/aromatic N) is 2. The van der Waals surface area contributed by atoms with E-state index in [1.165, 1.54) is 12.1 Å². The van der Waals surface area contributed by atoms with Crippen molar-refractivity contribution < 1.29 is 48.7 Å². The summed E-state index contributed by atoms with van der Waals surface area (Å²) in [6, 6.07) is 3.18. The van der Waals surface area contributed by atoms with Gasteiger partial charge in [-0.15, -0.1) is 5.10 Å². The van der Waals surface area contributed by atoms with Gasteiger partial charge in [-0.1, -0.05) is 24.8 Å². The first-order chi connectivity index (χ1) is 14.6. The van der Waals surface area contributed by atoms with E-state index in [2.05, 4.69) is 41.3 Å². The van der Waals surface area contributed by atoms with Gasteiger partial charge in [-0.05, 0) is 26.0 Å². The van der Waals surface area contributed by atoms with E-state index in [9.17, 15) is 17.6 Å². The summed E-state index contributed by atoms with van der Waals surface area (Å²) >= 11 is 0. The van der Waals surface area contributed by atoms with Crippen molar-refractivity contribution in [1.29, 1.82) is 0 Å². The summed E-state index contributed by atoms with van der Waals surface area (Å²) in [7, 11) is 1.71. The summed E-state index contributed by atoms with van der Waals surface area (Å²) in [6.07, 6.45) is 0.744. The van der Waals surface area contributed by atoms with Gasteiger partial charge in [-0.2, -0.15) is 18.3 Å². The van der Waals surface area contributed by atoms with E-state index in [0.717, 1.165) is 18.1 Å². The maximum atomic E-state index is 14.2. The molecule has 1 aromatic heterocycles. The van der Waals surface area contributed by atoms with Gasteiger partial charge < -0.3 is 24.5 Å². The Hall–Kier alpha value is -1.85. The van der Waals surface area contributed by atoms with E-state index < -0.39 is 17.6 Å². The number of unbranched alkanes of at least 4 members (excludes halogenated alkanes) is 1. The zero-order valence-electron chi connectivity index (χ0n) is 18.5. The number of rotatable bonds is 6. The SMILES string of the molecule is C=C(/C=c1/c(NCc2cccc(C(F)(F)F)c2F)nnc(C)/c1=C/C)NC.[CH2-]CC[CH2-].[U+2]. The van der Waals surface area contributed by atoms with Gasteiger partial charge in [0.25, 0.3) is 0 Å². The van der Waals surface area contributed by atoms with Crippen molar-refractivity contribution >= 4 is 18.0 Å². The van der Waals surface area contributed by atoms with Crippen LogP contribution in [0.5, 0.6) is 0 Å². The maximum absolute atomic E-state index is 14.2. The standard InChI is InChI=1S/C19H20F4N4.C4H8.U/c1-5-14-12(3)26-27-18(15(14)9-11(2)24-4)25-10-13-7-6-8-16(17(13)20)19(21,22)23;1-3-4-2;/h5-9,24H,2,10H2,1,3-4H3,(H,25,27);1-4H2;/q;-2;+2/b14-5-,15-9+;;. The van der Waals surface area contributed by atoms with Gasteiger partial charge in [0.2, 0.25) is 0 Å². The number of nitrogens with one attached hydrogen (secondary N) is 2. The quantitative estimate of drug-likeness (QED) is 0.355. The fourth-order valence-electron chi connectivity index (χ4n) is 2.56. The van der Waals surface area contributed by atoms with Crippen LogP contribution in [0.4, 0.5) is 23.4 Å². The van der Waals surface area contributed by atoms with Crippen molar-refractivity contribution in [3.8, 4) is 0 Å². The van der Waals surface area contributed by atoms with E-state index in [4.69, 9.17) is 0 Å². The Kier molecular flexibility index (Phi) is 13.5. The van der Waals surface area contributed by atoms with E-state index >= 15 is 0 Å². The van der Waals surface area contributed by atoms with Crippen molar-refractivity contribution in [3.05, 3.63) is 77.4 Å². The van der Waals surface area contributed by atoms with Gasteiger partial charge >= 0.3 is 37.3 Å². The second-order valence-electron chi connectivity index (χ2n) is 6.51. The summed E-state index contributed by atoms with van der Waals surface area (Å²) in [5.41, 5.74) is -0.121. The molecule has 172 valence electrons. The summed E-state index contributed by atoms with van der Waals surface area (Å²) < 4.78 is 52.8. The van der Waals surface area contributed by atoms with Gasteiger partial charge in [-0.25, -0.2) is 17.2 Å². The molecule has 1 heterocycles. The molecule has 0 amide bonds. The van der Waals surface area contributed by atoms with Crippen molar-refractivity contribution in [1.82, 2.24) is 15.5 Å². The van der Waals surface area contributed by atoms with Gasteiger partial charge in [-0.3, -0.25) is 0 Å². The van der Waals surface area contributed by atoms with Crippen LogP contribution >= 0.6 is 0 Å². The van der Waals surface area contributed by atoms with Crippen LogP contribution in [0.15, 0.2) is 30.5 Å². The number of benzene rings is 1.